The number of hydrogen-bond donors (Lipinski definition) is 2. The smallest absolute Gasteiger partial charge is 0.0694 e. The molecule has 0 fully saturated rings. The van der Waals surface area contributed by atoms with Crippen molar-refractivity contribution in [3.05, 3.63) is 17.5 Å². The number of aliphatic hydroxyl groups excluding tert-OH is 1. The molecule has 4 nitrogen and oxygen atoms in total. The van der Waals surface area contributed by atoms with E-state index in [9.17, 15) is 0 Å². The maximum absolute atomic E-state index is 9.13. The highest BCUT2D eigenvalue weighted by atomic mass is 16.3. The van der Waals surface area contributed by atoms with Crippen LogP contribution in [0.5, 0.6) is 0 Å². The van der Waals surface area contributed by atoms with Gasteiger partial charge in [-0.05, 0) is 12.8 Å². The molecule has 1 rings (SSSR count). The average Bonchev–Trinajstić information content (AvgIpc) is 2.46. The van der Waals surface area contributed by atoms with Crippen molar-refractivity contribution in [2.75, 3.05) is 6.54 Å². The lowest BCUT2D eigenvalue weighted by Gasteiger charge is -2.08. The first-order valence-electron chi connectivity index (χ1n) is 5.42. The first kappa shape index (κ1) is 12.2. The Morgan fingerprint density at radius 3 is 2.67 bits per heavy atom. The van der Waals surface area contributed by atoms with Crippen molar-refractivity contribution in [3.63, 3.8) is 0 Å². The Kier molecular flexibility index (Phi) is 4.29. The molecule has 0 unspecified atom stereocenters. The van der Waals surface area contributed by atoms with Gasteiger partial charge in [-0.15, -0.1) is 0 Å². The largest absolute Gasteiger partial charge is 0.392 e. The second-order valence-corrected chi connectivity index (χ2v) is 4.35. The zero-order valence-electron chi connectivity index (χ0n) is 9.99. The fourth-order valence-corrected chi connectivity index (χ4v) is 1.59. The van der Waals surface area contributed by atoms with E-state index in [1.165, 1.54) is 5.56 Å². The molecule has 0 saturated carbocycles. The minimum absolute atomic E-state index is 0.302. The highest BCUT2D eigenvalue weighted by molar-refractivity contribution is 5.19. The Hall–Kier alpha value is -0.870. The van der Waals surface area contributed by atoms with Crippen LogP contribution in [0.2, 0.25) is 0 Å². The second kappa shape index (κ2) is 5.28. The standard InChI is InChI=1S/C11H21N3O/c1-8(2)11-10(7-14(4)13-11)6-12-5-9(3)15/h7-9,12,15H,5-6H2,1-4H3/t9-/m1/s1. The molecule has 1 atom stereocenters. The predicted octanol–water partition coefficient (Wildman–Crippen LogP) is 1.01. The minimum atomic E-state index is -0.302. The van der Waals surface area contributed by atoms with Crippen molar-refractivity contribution >= 4 is 0 Å². The van der Waals surface area contributed by atoms with Gasteiger partial charge in [-0.3, -0.25) is 4.68 Å². The molecule has 0 amide bonds. The van der Waals surface area contributed by atoms with Crippen LogP contribution in [0.15, 0.2) is 6.20 Å². The van der Waals surface area contributed by atoms with Gasteiger partial charge >= 0.3 is 0 Å². The van der Waals surface area contributed by atoms with Crippen molar-refractivity contribution in [1.82, 2.24) is 15.1 Å². The summed E-state index contributed by atoms with van der Waals surface area (Å²) in [5.41, 5.74) is 2.35. The third kappa shape index (κ3) is 3.64. The van der Waals surface area contributed by atoms with E-state index in [1.54, 1.807) is 6.92 Å². The van der Waals surface area contributed by atoms with Crippen LogP contribution in [0.4, 0.5) is 0 Å². The van der Waals surface area contributed by atoms with E-state index in [1.807, 2.05) is 17.9 Å². The quantitative estimate of drug-likeness (QED) is 0.764. The van der Waals surface area contributed by atoms with E-state index >= 15 is 0 Å². The summed E-state index contributed by atoms with van der Waals surface area (Å²) in [5, 5.41) is 16.8. The Morgan fingerprint density at radius 2 is 2.13 bits per heavy atom. The summed E-state index contributed by atoms with van der Waals surface area (Å²) in [4.78, 5) is 0. The van der Waals surface area contributed by atoms with E-state index in [0.29, 0.717) is 12.5 Å². The van der Waals surface area contributed by atoms with Crippen molar-refractivity contribution in [1.29, 1.82) is 0 Å². The van der Waals surface area contributed by atoms with Crippen LogP contribution < -0.4 is 5.32 Å². The van der Waals surface area contributed by atoms with E-state index in [0.717, 1.165) is 12.2 Å². The molecule has 0 aliphatic rings. The Morgan fingerprint density at radius 1 is 1.47 bits per heavy atom. The van der Waals surface area contributed by atoms with Crippen LogP contribution in [0, 0.1) is 0 Å². The molecule has 0 spiro atoms. The van der Waals surface area contributed by atoms with Gasteiger partial charge in [-0.2, -0.15) is 5.10 Å². The molecule has 86 valence electrons. The lowest BCUT2D eigenvalue weighted by atomic mass is 10.1. The van der Waals surface area contributed by atoms with Gasteiger partial charge in [-0.1, -0.05) is 13.8 Å². The molecule has 15 heavy (non-hydrogen) atoms. The Labute approximate surface area is 91.3 Å². The van der Waals surface area contributed by atoms with Crippen LogP contribution >= 0.6 is 0 Å². The van der Waals surface area contributed by atoms with Gasteiger partial charge < -0.3 is 10.4 Å². The van der Waals surface area contributed by atoms with Gasteiger partial charge in [0.1, 0.15) is 0 Å². The second-order valence-electron chi connectivity index (χ2n) is 4.35. The van der Waals surface area contributed by atoms with Gasteiger partial charge in [-0.25, -0.2) is 0 Å². The minimum Gasteiger partial charge on any atom is -0.392 e. The monoisotopic (exact) mass is 211 g/mol. The summed E-state index contributed by atoms with van der Waals surface area (Å²) in [6.45, 7) is 7.44. The third-order valence-corrected chi connectivity index (χ3v) is 2.24. The SMILES string of the molecule is CC(C)c1nn(C)cc1CNC[C@@H](C)O. The number of nitrogens with zero attached hydrogens (tertiary/aromatic N) is 2. The van der Waals surface area contributed by atoms with Gasteiger partial charge in [0, 0.05) is 31.9 Å². The molecule has 1 aromatic heterocycles. The summed E-state index contributed by atoms with van der Waals surface area (Å²) in [7, 11) is 1.93. The summed E-state index contributed by atoms with van der Waals surface area (Å²) < 4.78 is 1.84. The summed E-state index contributed by atoms with van der Waals surface area (Å²) in [5.74, 6) is 0.439. The van der Waals surface area contributed by atoms with E-state index < -0.39 is 0 Å². The maximum atomic E-state index is 9.13. The molecule has 1 heterocycles. The topological polar surface area (TPSA) is 50.1 Å². The first-order valence-corrected chi connectivity index (χ1v) is 5.42. The van der Waals surface area contributed by atoms with Crippen molar-refractivity contribution in [2.24, 2.45) is 7.05 Å². The van der Waals surface area contributed by atoms with Crippen LogP contribution in [-0.2, 0) is 13.6 Å². The summed E-state index contributed by atoms with van der Waals surface area (Å²) in [6, 6.07) is 0. The number of hydrogen-bond acceptors (Lipinski definition) is 3. The van der Waals surface area contributed by atoms with Gasteiger partial charge in [0.25, 0.3) is 0 Å². The van der Waals surface area contributed by atoms with Crippen LogP contribution in [-0.4, -0.2) is 27.5 Å². The fraction of sp³-hybridized carbons (Fsp3) is 0.727. The molecule has 1 aromatic rings. The van der Waals surface area contributed by atoms with Crippen molar-refractivity contribution in [3.8, 4) is 0 Å². The third-order valence-electron chi connectivity index (χ3n) is 2.24. The van der Waals surface area contributed by atoms with Crippen LogP contribution in [0.25, 0.3) is 0 Å². The molecule has 0 aromatic carbocycles. The van der Waals surface area contributed by atoms with E-state index in [-0.39, 0.29) is 6.10 Å². The molecular formula is C11H21N3O. The lowest BCUT2D eigenvalue weighted by Crippen LogP contribution is -2.24. The number of aromatic nitrogens is 2. The first-order chi connectivity index (χ1) is 7.00. The number of aryl methyl sites for hydroxylation is 1. The average molecular weight is 211 g/mol. The highest BCUT2D eigenvalue weighted by Crippen LogP contribution is 2.16. The molecular weight excluding hydrogens is 190 g/mol. The van der Waals surface area contributed by atoms with E-state index in [2.05, 4.69) is 24.3 Å². The molecule has 0 saturated heterocycles. The Bertz CT molecular complexity index is 305. The zero-order chi connectivity index (χ0) is 11.4. The normalized spacial score (nSPS) is 13.5. The molecule has 2 N–H and O–H groups in total. The molecule has 4 heteroatoms. The van der Waals surface area contributed by atoms with Crippen molar-refractivity contribution < 1.29 is 5.11 Å². The highest BCUT2D eigenvalue weighted by Gasteiger charge is 2.10. The Balaban J connectivity index is 2.59. The van der Waals surface area contributed by atoms with Gasteiger partial charge in [0.2, 0.25) is 0 Å². The summed E-state index contributed by atoms with van der Waals surface area (Å²) >= 11 is 0. The van der Waals surface area contributed by atoms with Gasteiger partial charge in [0.15, 0.2) is 0 Å². The van der Waals surface area contributed by atoms with Crippen LogP contribution in [0.3, 0.4) is 0 Å². The van der Waals surface area contributed by atoms with E-state index in [4.69, 9.17) is 5.11 Å². The van der Waals surface area contributed by atoms with Gasteiger partial charge in [0.05, 0.1) is 11.8 Å². The summed E-state index contributed by atoms with van der Waals surface area (Å²) in [6.07, 6.45) is 1.73. The molecule has 0 aliphatic heterocycles. The number of nitrogens with one attached hydrogen (secondary N) is 1. The molecule has 0 bridgehead atoms. The fourth-order valence-electron chi connectivity index (χ4n) is 1.59. The van der Waals surface area contributed by atoms with Crippen LogP contribution in [0.1, 0.15) is 37.9 Å². The zero-order valence-corrected chi connectivity index (χ0v) is 9.99. The number of aliphatic hydroxyl groups is 1. The number of rotatable bonds is 5. The molecule has 0 radical (unpaired) electrons. The maximum Gasteiger partial charge on any atom is 0.0694 e. The predicted molar refractivity (Wildman–Crippen MR) is 60.7 cm³/mol. The molecule has 0 aliphatic carbocycles. The lowest BCUT2D eigenvalue weighted by molar-refractivity contribution is 0.191. The van der Waals surface area contributed by atoms with Crippen molar-refractivity contribution in [2.45, 2.75) is 39.3 Å².